The Morgan fingerprint density at radius 3 is 2.76 bits per heavy atom. The van der Waals surface area contributed by atoms with Crippen molar-refractivity contribution in [1.29, 1.82) is 0 Å². The van der Waals surface area contributed by atoms with Crippen LogP contribution < -0.4 is 5.32 Å². The van der Waals surface area contributed by atoms with Gasteiger partial charge in [0.25, 0.3) is 0 Å². The quantitative estimate of drug-likeness (QED) is 0.912. The van der Waals surface area contributed by atoms with E-state index in [2.05, 4.69) is 36.2 Å². The molecule has 0 aromatic carbocycles. The first-order valence-electron chi connectivity index (χ1n) is 7.22. The second-order valence-electron chi connectivity index (χ2n) is 6.63. The molecule has 1 amide bonds. The molecule has 112 valence electrons. The molecule has 1 fully saturated rings. The Balaban J connectivity index is 1.96. The number of aromatic nitrogens is 3. The van der Waals surface area contributed by atoms with Gasteiger partial charge in [0.2, 0.25) is 5.91 Å². The van der Waals surface area contributed by atoms with Crippen LogP contribution in [-0.4, -0.2) is 45.0 Å². The second kappa shape index (κ2) is 4.72. The maximum atomic E-state index is 12.0. The lowest BCUT2D eigenvalue weighted by Gasteiger charge is -2.13. The maximum absolute atomic E-state index is 12.0. The maximum Gasteiger partial charge on any atom is 0.244 e. The van der Waals surface area contributed by atoms with Gasteiger partial charge in [0.15, 0.2) is 5.82 Å². The van der Waals surface area contributed by atoms with Crippen LogP contribution in [-0.2, 0) is 10.2 Å². The van der Waals surface area contributed by atoms with Crippen LogP contribution in [0.5, 0.6) is 0 Å². The number of nitrogens with one attached hydrogen (secondary N) is 1. The van der Waals surface area contributed by atoms with Crippen LogP contribution in [0, 0.1) is 0 Å². The lowest BCUT2D eigenvalue weighted by Crippen LogP contribution is -2.31. The summed E-state index contributed by atoms with van der Waals surface area (Å²) < 4.78 is 1.82. The molecule has 21 heavy (non-hydrogen) atoms. The van der Waals surface area contributed by atoms with E-state index in [9.17, 15) is 4.79 Å². The van der Waals surface area contributed by atoms with Gasteiger partial charge in [-0.2, -0.15) is 5.10 Å². The van der Waals surface area contributed by atoms with Crippen molar-refractivity contribution in [2.45, 2.75) is 38.6 Å². The van der Waals surface area contributed by atoms with Gasteiger partial charge in [-0.05, 0) is 12.5 Å². The summed E-state index contributed by atoms with van der Waals surface area (Å²) in [5, 5.41) is 7.86. The Labute approximate surface area is 124 Å². The molecule has 0 spiro atoms. The van der Waals surface area contributed by atoms with Crippen LogP contribution >= 0.6 is 0 Å². The highest BCUT2D eigenvalue weighted by atomic mass is 16.2. The number of fused-ring (bicyclic) bond motifs is 1. The molecule has 1 saturated heterocycles. The zero-order chi connectivity index (χ0) is 15.2. The van der Waals surface area contributed by atoms with Gasteiger partial charge in [0, 0.05) is 31.4 Å². The number of hydrogen-bond acceptors (Lipinski definition) is 4. The number of carbonyl (C=O) groups is 1. The number of likely N-dealkylation sites (N-methyl/N-ethyl adjacent to an activating group) is 1. The molecular weight excluding hydrogens is 266 g/mol. The Hall–Kier alpha value is -2.11. The summed E-state index contributed by atoms with van der Waals surface area (Å²) in [5.74, 6) is 0.837. The van der Waals surface area contributed by atoms with Crippen LogP contribution in [0.15, 0.2) is 18.5 Å². The molecule has 0 bridgehead atoms. The zero-order valence-corrected chi connectivity index (χ0v) is 12.9. The molecule has 0 aliphatic carbocycles. The molecule has 2 aromatic heterocycles. The van der Waals surface area contributed by atoms with E-state index in [1.807, 2.05) is 23.8 Å². The highest BCUT2D eigenvalue weighted by Crippen LogP contribution is 2.25. The minimum Gasteiger partial charge on any atom is -0.357 e. The Morgan fingerprint density at radius 1 is 1.38 bits per heavy atom. The smallest absolute Gasteiger partial charge is 0.244 e. The van der Waals surface area contributed by atoms with E-state index in [1.54, 1.807) is 11.1 Å². The van der Waals surface area contributed by atoms with Gasteiger partial charge in [-0.25, -0.2) is 9.50 Å². The number of rotatable bonds is 2. The van der Waals surface area contributed by atoms with Gasteiger partial charge in [0.05, 0.1) is 5.69 Å². The van der Waals surface area contributed by atoms with E-state index in [4.69, 9.17) is 0 Å². The molecular formula is C15H21N5O. The van der Waals surface area contributed by atoms with Crippen LogP contribution in [0.2, 0.25) is 0 Å². The minimum atomic E-state index is -0.193. The predicted molar refractivity (Wildman–Crippen MR) is 81.4 cm³/mol. The van der Waals surface area contributed by atoms with Crippen LogP contribution in [0.3, 0.4) is 0 Å². The fourth-order valence-electron chi connectivity index (χ4n) is 2.52. The van der Waals surface area contributed by atoms with Crippen molar-refractivity contribution in [2.75, 3.05) is 18.9 Å². The van der Waals surface area contributed by atoms with Crippen molar-refractivity contribution >= 4 is 17.2 Å². The van der Waals surface area contributed by atoms with Crippen LogP contribution in [0.25, 0.3) is 5.52 Å². The third-order valence-corrected chi connectivity index (χ3v) is 3.90. The summed E-state index contributed by atoms with van der Waals surface area (Å²) in [5.41, 5.74) is 1.89. The molecule has 1 aliphatic heterocycles. The normalized spacial score (nSPS) is 19.5. The summed E-state index contributed by atoms with van der Waals surface area (Å²) >= 11 is 0. The average Bonchev–Trinajstić information content (AvgIpc) is 2.98. The SMILES string of the molecule is CN1CCC(Nc2nccn3nc(C(C)(C)C)cc23)C1=O. The molecule has 1 unspecified atom stereocenters. The highest BCUT2D eigenvalue weighted by molar-refractivity contribution is 5.87. The van der Waals surface area contributed by atoms with Gasteiger partial charge >= 0.3 is 0 Å². The van der Waals surface area contributed by atoms with Crippen LogP contribution in [0.4, 0.5) is 5.82 Å². The summed E-state index contributed by atoms with van der Waals surface area (Å²) in [7, 11) is 1.83. The molecule has 6 nitrogen and oxygen atoms in total. The summed E-state index contributed by atoms with van der Waals surface area (Å²) in [6.07, 6.45) is 4.34. The van der Waals surface area contributed by atoms with E-state index in [0.717, 1.165) is 24.2 Å². The minimum absolute atomic E-state index is 0.0211. The third kappa shape index (κ3) is 2.46. The summed E-state index contributed by atoms with van der Waals surface area (Å²) in [4.78, 5) is 18.2. The van der Waals surface area contributed by atoms with Crippen molar-refractivity contribution in [2.24, 2.45) is 0 Å². The summed E-state index contributed by atoms with van der Waals surface area (Å²) in [6, 6.07) is 1.85. The Bertz CT molecular complexity index is 685. The number of nitrogens with zero attached hydrogens (tertiary/aromatic N) is 4. The van der Waals surface area contributed by atoms with E-state index in [1.165, 1.54) is 0 Å². The molecule has 3 rings (SSSR count). The number of amides is 1. The van der Waals surface area contributed by atoms with E-state index >= 15 is 0 Å². The van der Waals surface area contributed by atoms with E-state index < -0.39 is 0 Å². The molecule has 3 heterocycles. The Kier molecular flexibility index (Phi) is 3.11. The van der Waals surface area contributed by atoms with Crippen molar-refractivity contribution in [3.8, 4) is 0 Å². The van der Waals surface area contributed by atoms with Crippen molar-refractivity contribution in [3.63, 3.8) is 0 Å². The molecule has 6 heteroatoms. The van der Waals surface area contributed by atoms with Gasteiger partial charge in [0.1, 0.15) is 11.6 Å². The number of carbonyl (C=O) groups excluding carboxylic acids is 1. The van der Waals surface area contributed by atoms with Gasteiger partial charge in [-0.1, -0.05) is 20.8 Å². The topological polar surface area (TPSA) is 62.5 Å². The molecule has 0 radical (unpaired) electrons. The fourth-order valence-corrected chi connectivity index (χ4v) is 2.52. The average molecular weight is 287 g/mol. The third-order valence-electron chi connectivity index (χ3n) is 3.90. The monoisotopic (exact) mass is 287 g/mol. The number of hydrogen-bond donors (Lipinski definition) is 1. The lowest BCUT2D eigenvalue weighted by molar-refractivity contribution is -0.127. The largest absolute Gasteiger partial charge is 0.357 e. The van der Waals surface area contributed by atoms with Gasteiger partial charge in [-0.15, -0.1) is 0 Å². The van der Waals surface area contributed by atoms with Crippen molar-refractivity contribution in [3.05, 3.63) is 24.2 Å². The zero-order valence-electron chi connectivity index (χ0n) is 12.9. The second-order valence-corrected chi connectivity index (χ2v) is 6.63. The van der Waals surface area contributed by atoms with E-state index in [-0.39, 0.29) is 17.4 Å². The Morgan fingerprint density at radius 2 is 2.14 bits per heavy atom. The molecule has 1 atom stereocenters. The van der Waals surface area contributed by atoms with E-state index in [0.29, 0.717) is 5.82 Å². The standard InChI is InChI=1S/C15H21N5O/c1-15(2,3)12-9-11-13(16-6-8-20(11)18-12)17-10-5-7-19(4)14(10)21/h6,8-10H,5,7H2,1-4H3,(H,16,17). The predicted octanol–water partition coefficient (Wildman–Crippen LogP) is 1.67. The highest BCUT2D eigenvalue weighted by Gasteiger charge is 2.29. The van der Waals surface area contributed by atoms with Crippen molar-refractivity contribution in [1.82, 2.24) is 19.5 Å². The lowest BCUT2D eigenvalue weighted by atomic mass is 9.92. The molecule has 2 aromatic rings. The molecule has 0 saturated carbocycles. The number of likely N-dealkylation sites (tertiary alicyclic amines) is 1. The fraction of sp³-hybridized carbons (Fsp3) is 0.533. The first-order valence-corrected chi connectivity index (χ1v) is 7.22. The van der Waals surface area contributed by atoms with Gasteiger partial charge in [-0.3, -0.25) is 4.79 Å². The van der Waals surface area contributed by atoms with Crippen LogP contribution in [0.1, 0.15) is 32.9 Å². The first-order chi connectivity index (χ1) is 9.86. The first kappa shape index (κ1) is 13.9. The van der Waals surface area contributed by atoms with Crippen molar-refractivity contribution < 1.29 is 4.79 Å². The molecule has 1 aliphatic rings. The summed E-state index contributed by atoms with van der Waals surface area (Å²) in [6.45, 7) is 7.17. The molecule has 1 N–H and O–H groups in total. The van der Waals surface area contributed by atoms with Gasteiger partial charge < -0.3 is 10.2 Å². The number of anilines is 1.